The number of nitrogens with zero attached hydrogens (tertiary/aromatic N) is 2. The van der Waals surface area contributed by atoms with Gasteiger partial charge in [-0.3, -0.25) is 0 Å². The van der Waals surface area contributed by atoms with Crippen LogP contribution in [0.4, 0.5) is 0 Å². The number of rotatable bonds is 1. The van der Waals surface area contributed by atoms with E-state index in [1.807, 2.05) is 12.4 Å². The average molecular weight is 282 g/mol. The van der Waals surface area contributed by atoms with Crippen LogP contribution in [0, 0.1) is 0 Å². The van der Waals surface area contributed by atoms with Gasteiger partial charge in [0.2, 0.25) is 0 Å². The van der Waals surface area contributed by atoms with Gasteiger partial charge in [-0.1, -0.05) is 54.6 Å². The summed E-state index contributed by atoms with van der Waals surface area (Å²) in [7, 11) is 0. The Balaban J connectivity index is 1.95. The Labute approximate surface area is 128 Å². The Bertz CT molecular complexity index is 997. The SMILES string of the molecule is c1ccc(-c2c3c(cn4ccnc24)Cc2ccccc2-3)cc1. The monoisotopic (exact) mass is 282 g/mol. The first kappa shape index (κ1) is 11.8. The van der Waals surface area contributed by atoms with Crippen LogP contribution in [0.3, 0.4) is 0 Å². The fourth-order valence-electron chi connectivity index (χ4n) is 3.56. The molecule has 2 heterocycles. The first-order valence-electron chi connectivity index (χ1n) is 7.54. The average Bonchev–Trinajstić information content (AvgIpc) is 3.17. The van der Waals surface area contributed by atoms with Crippen molar-refractivity contribution in [1.29, 1.82) is 0 Å². The molecule has 22 heavy (non-hydrogen) atoms. The zero-order valence-electron chi connectivity index (χ0n) is 12.0. The second-order valence-electron chi connectivity index (χ2n) is 5.76. The lowest BCUT2D eigenvalue weighted by Crippen LogP contribution is -1.94. The van der Waals surface area contributed by atoms with Crippen molar-refractivity contribution in [2.24, 2.45) is 0 Å². The van der Waals surface area contributed by atoms with Crippen molar-refractivity contribution in [2.75, 3.05) is 0 Å². The van der Waals surface area contributed by atoms with Gasteiger partial charge >= 0.3 is 0 Å². The minimum Gasteiger partial charge on any atom is -0.306 e. The molecule has 1 aliphatic carbocycles. The fourth-order valence-corrected chi connectivity index (χ4v) is 3.56. The van der Waals surface area contributed by atoms with Gasteiger partial charge in [0, 0.05) is 30.6 Å². The third-order valence-corrected chi connectivity index (χ3v) is 4.49. The minimum atomic E-state index is 0.999. The lowest BCUT2D eigenvalue weighted by atomic mass is 9.96. The maximum Gasteiger partial charge on any atom is 0.145 e. The number of hydrogen-bond acceptors (Lipinski definition) is 1. The molecule has 0 aliphatic heterocycles. The number of imidazole rings is 1. The maximum atomic E-state index is 4.61. The molecule has 1 aliphatic rings. The largest absolute Gasteiger partial charge is 0.306 e. The molecular formula is C20H14N2. The van der Waals surface area contributed by atoms with Gasteiger partial charge < -0.3 is 4.40 Å². The fraction of sp³-hybridized carbons (Fsp3) is 0.0500. The van der Waals surface area contributed by atoms with Crippen LogP contribution in [0.25, 0.3) is 27.9 Å². The van der Waals surface area contributed by atoms with Crippen LogP contribution < -0.4 is 0 Å². The van der Waals surface area contributed by atoms with Gasteiger partial charge in [-0.05, 0) is 27.8 Å². The minimum absolute atomic E-state index is 0.999. The Kier molecular flexibility index (Phi) is 2.30. The van der Waals surface area contributed by atoms with Crippen molar-refractivity contribution in [3.8, 4) is 22.3 Å². The topological polar surface area (TPSA) is 17.3 Å². The third kappa shape index (κ3) is 1.52. The molecule has 0 spiro atoms. The standard InChI is InChI=1S/C20H14N2/c1-2-6-14(7-3-1)19-18-16(13-22-11-10-21-20(19)22)12-15-8-4-5-9-17(15)18/h1-11,13H,12H2. The Morgan fingerprint density at radius 2 is 1.64 bits per heavy atom. The van der Waals surface area contributed by atoms with Gasteiger partial charge in [0.15, 0.2) is 0 Å². The van der Waals surface area contributed by atoms with E-state index in [-0.39, 0.29) is 0 Å². The van der Waals surface area contributed by atoms with Crippen molar-refractivity contribution in [2.45, 2.75) is 6.42 Å². The molecule has 2 aromatic carbocycles. The number of aromatic nitrogens is 2. The molecular weight excluding hydrogens is 268 g/mol. The van der Waals surface area contributed by atoms with Crippen molar-refractivity contribution in [1.82, 2.24) is 9.38 Å². The summed E-state index contributed by atoms with van der Waals surface area (Å²) in [6, 6.07) is 19.3. The summed E-state index contributed by atoms with van der Waals surface area (Å²) < 4.78 is 2.15. The Hall–Kier alpha value is -2.87. The quantitative estimate of drug-likeness (QED) is 0.440. The predicted molar refractivity (Wildman–Crippen MR) is 88.9 cm³/mol. The molecule has 0 unspecified atom stereocenters. The molecule has 0 fully saturated rings. The van der Waals surface area contributed by atoms with Crippen LogP contribution in [0.1, 0.15) is 11.1 Å². The van der Waals surface area contributed by atoms with Gasteiger partial charge in [-0.25, -0.2) is 4.98 Å². The first-order chi connectivity index (χ1) is 10.9. The van der Waals surface area contributed by atoms with E-state index in [9.17, 15) is 0 Å². The molecule has 0 atom stereocenters. The summed E-state index contributed by atoms with van der Waals surface area (Å²) >= 11 is 0. The summed E-state index contributed by atoms with van der Waals surface area (Å²) in [6.45, 7) is 0. The van der Waals surface area contributed by atoms with Crippen LogP contribution in [0.15, 0.2) is 73.2 Å². The molecule has 0 radical (unpaired) electrons. The Morgan fingerprint density at radius 1 is 0.818 bits per heavy atom. The molecule has 2 heteroatoms. The molecule has 2 nitrogen and oxygen atoms in total. The van der Waals surface area contributed by atoms with E-state index in [4.69, 9.17) is 0 Å². The zero-order chi connectivity index (χ0) is 14.5. The normalized spacial score (nSPS) is 12.4. The molecule has 5 rings (SSSR count). The highest BCUT2D eigenvalue weighted by atomic mass is 15.0. The Morgan fingerprint density at radius 3 is 2.55 bits per heavy atom. The van der Waals surface area contributed by atoms with Gasteiger partial charge in [-0.15, -0.1) is 0 Å². The lowest BCUT2D eigenvalue weighted by Gasteiger charge is -2.12. The smallest absolute Gasteiger partial charge is 0.145 e. The predicted octanol–water partition coefficient (Wildman–Crippen LogP) is 4.57. The van der Waals surface area contributed by atoms with E-state index in [2.05, 4.69) is 70.2 Å². The van der Waals surface area contributed by atoms with Crippen LogP contribution in [0.2, 0.25) is 0 Å². The molecule has 4 aromatic rings. The number of hydrogen-bond donors (Lipinski definition) is 0. The van der Waals surface area contributed by atoms with E-state index in [1.54, 1.807) is 0 Å². The van der Waals surface area contributed by atoms with Crippen molar-refractivity contribution in [3.05, 3.63) is 84.3 Å². The summed E-state index contributed by atoms with van der Waals surface area (Å²) in [5, 5.41) is 0. The molecule has 0 saturated carbocycles. The summed E-state index contributed by atoms with van der Waals surface area (Å²) in [6.07, 6.45) is 7.14. The molecule has 0 saturated heterocycles. The number of fused-ring (bicyclic) bond motifs is 4. The summed E-state index contributed by atoms with van der Waals surface area (Å²) in [4.78, 5) is 4.61. The van der Waals surface area contributed by atoms with E-state index in [0.29, 0.717) is 0 Å². The van der Waals surface area contributed by atoms with Gasteiger partial charge in [0.25, 0.3) is 0 Å². The highest BCUT2D eigenvalue weighted by molar-refractivity contribution is 5.96. The van der Waals surface area contributed by atoms with Gasteiger partial charge in [0.1, 0.15) is 5.65 Å². The van der Waals surface area contributed by atoms with Gasteiger partial charge in [0.05, 0.1) is 0 Å². The molecule has 0 N–H and O–H groups in total. The van der Waals surface area contributed by atoms with E-state index < -0.39 is 0 Å². The number of benzene rings is 2. The highest BCUT2D eigenvalue weighted by Gasteiger charge is 2.24. The van der Waals surface area contributed by atoms with E-state index in [0.717, 1.165) is 12.1 Å². The highest BCUT2D eigenvalue weighted by Crippen LogP contribution is 2.44. The maximum absolute atomic E-state index is 4.61. The first-order valence-corrected chi connectivity index (χ1v) is 7.54. The molecule has 0 amide bonds. The van der Waals surface area contributed by atoms with Crippen molar-refractivity contribution >= 4 is 5.65 Å². The second-order valence-corrected chi connectivity index (χ2v) is 5.76. The van der Waals surface area contributed by atoms with E-state index in [1.165, 1.54) is 33.4 Å². The zero-order valence-corrected chi connectivity index (χ0v) is 12.0. The van der Waals surface area contributed by atoms with Crippen molar-refractivity contribution in [3.63, 3.8) is 0 Å². The second kappa shape index (κ2) is 4.31. The van der Waals surface area contributed by atoms with E-state index >= 15 is 0 Å². The van der Waals surface area contributed by atoms with Crippen LogP contribution in [0.5, 0.6) is 0 Å². The summed E-state index contributed by atoms with van der Waals surface area (Å²) in [5.41, 5.74) is 8.98. The lowest BCUT2D eigenvalue weighted by molar-refractivity contribution is 1.13. The molecule has 0 bridgehead atoms. The number of pyridine rings is 1. The molecule has 104 valence electrons. The summed E-state index contributed by atoms with van der Waals surface area (Å²) in [5.74, 6) is 0. The van der Waals surface area contributed by atoms with Crippen LogP contribution in [-0.2, 0) is 6.42 Å². The van der Waals surface area contributed by atoms with Crippen molar-refractivity contribution < 1.29 is 0 Å². The van der Waals surface area contributed by atoms with Crippen LogP contribution >= 0.6 is 0 Å². The van der Waals surface area contributed by atoms with Crippen LogP contribution in [-0.4, -0.2) is 9.38 Å². The van der Waals surface area contributed by atoms with Gasteiger partial charge in [-0.2, -0.15) is 0 Å². The molecule has 2 aromatic heterocycles. The third-order valence-electron chi connectivity index (χ3n) is 4.49.